The molecule has 2 aliphatic rings. The van der Waals surface area contributed by atoms with Gasteiger partial charge in [0.2, 0.25) is 11.8 Å². The molecule has 25 heavy (non-hydrogen) atoms. The standard InChI is InChI=1S/C20H22N2O2S/c1-2-14-5-3-4-6-17(14)22-13-16(11-19(22)23)20(24)21-9-7-18-15(12-21)8-10-25-18/h3-6,8,10,16H,2,7,9,11-13H2,1H3. The minimum absolute atomic E-state index is 0.0625. The van der Waals surface area contributed by atoms with Crippen LogP contribution >= 0.6 is 11.3 Å². The Hall–Kier alpha value is -2.14. The van der Waals surface area contributed by atoms with Gasteiger partial charge in [0.1, 0.15) is 0 Å². The van der Waals surface area contributed by atoms with Gasteiger partial charge in [-0.2, -0.15) is 0 Å². The van der Waals surface area contributed by atoms with Gasteiger partial charge in [-0.1, -0.05) is 25.1 Å². The van der Waals surface area contributed by atoms with Crippen molar-refractivity contribution in [3.8, 4) is 0 Å². The predicted molar refractivity (Wildman–Crippen MR) is 99.7 cm³/mol. The van der Waals surface area contributed by atoms with E-state index in [4.69, 9.17) is 0 Å². The van der Waals surface area contributed by atoms with Crippen LogP contribution in [0.1, 0.15) is 29.3 Å². The van der Waals surface area contributed by atoms with Crippen LogP contribution in [0.3, 0.4) is 0 Å². The van der Waals surface area contributed by atoms with E-state index in [0.29, 0.717) is 19.5 Å². The Balaban J connectivity index is 1.50. The van der Waals surface area contributed by atoms with Crippen molar-refractivity contribution >= 4 is 28.8 Å². The van der Waals surface area contributed by atoms with E-state index in [2.05, 4.69) is 24.4 Å². The molecule has 1 atom stereocenters. The molecule has 0 saturated carbocycles. The van der Waals surface area contributed by atoms with Crippen molar-refractivity contribution in [3.63, 3.8) is 0 Å². The van der Waals surface area contributed by atoms with Gasteiger partial charge in [-0.15, -0.1) is 11.3 Å². The highest BCUT2D eigenvalue weighted by atomic mass is 32.1. The van der Waals surface area contributed by atoms with E-state index < -0.39 is 0 Å². The fraction of sp³-hybridized carbons (Fsp3) is 0.400. The van der Waals surface area contributed by atoms with E-state index in [-0.39, 0.29) is 17.7 Å². The highest BCUT2D eigenvalue weighted by Gasteiger charge is 2.38. The maximum Gasteiger partial charge on any atom is 0.228 e. The third kappa shape index (κ3) is 2.97. The lowest BCUT2D eigenvalue weighted by Crippen LogP contribution is -2.40. The van der Waals surface area contributed by atoms with E-state index in [1.807, 2.05) is 23.1 Å². The number of thiophene rings is 1. The summed E-state index contributed by atoms with van der Waals surface area (Å²) in [5, 5.41) is 2.10. The van der Waals surface area contributed by atoms with Crippen molar-refractivity contribution in [2.45, 2.75) is 32.7 Å². The Kier molecular flexibility index (Phi) is 4.34. The normalized spacial score (nSPS) is 20.0. The SMILES string of the molecule is CCc1ccccc1N1CC(C(=O)N2CCc3sccc3C2)CC1=O. The van der Waals surface area contributed by atoms with Crippen LogP contribution < -0.4 is 4.90 Å². The van der Waals surface area contributed by atoms with Crippen molar-refractivity contribution in [1.29, 1.82) is 0 Å². The molecule has 4 rings (SSSR count). The number of aryl methyl sites for hydroxylation is 1. The van der Waals surface area contributed by atoms with Gasteiger partial charge in [-0.05, 0) is 41.5 Å². The molecule has 5 heteroatoms. The summed E-state index contributed by atoms with van der Waals surface area (Å²) in [4.78, 5) is 30.6. The van der Waals surface area contributed by atoms with Crippen molar-refractivity contribution in [2.75, 3.05) is 18.0 Å². The summed E-state index contributed by atoms with van der Waals surface area (Å²) in [6.45, 7) is 4.05. The third-order valence-corrected chi connectivity index (χ3v) is 6.28. The highest BCUT2D eigenvalue weighted by Crippen LogP contribution is 2.31. The molecule has 0 aliphatic carbocycles. The summed E-state index contributed by atoms with van der Waals surface area (Å²) in [7, 11) is 0. The van der Waals surface area contributed by atoms with Crippen molar-refractivity contribution in [2.24, 2.45) is 5.92 Å². The van der Waals surface area contributed by atoms with Gasteiger partial charge < -0.3 is 9.80 Å². The Bertz CT molecular complexity index is 814. The topological polar surface area (TPSA) is 40.6 Å². The van der Waals surface area contributed by atoms with E-state index in [0.717, 1.165) is 30.6 Å². The molecule has 1 saturated heterocycles. The number of hydrogen-bond donors (Lipinski definition) is 0. The van der Waals surface area contributed by atoms with E-state index in [1.165, 1.54) is 10.4 Å². The Morgan fingerprint density at radius 3 is 2.96 bits per heavy atom. The number of fused-ring (bicyclic) bond motifs is 1. The first-order chi connectivity index (χ1) is 12.2. The largest absolute Gasteiger partial charge is 0.338 e. The average Bonchev–Trinajstić information content (AvgIpc) is 3.26. The van der Waals surface area contributed by atoms with Crippen molar-refractivity contribution in [1.82, 2.24) is 4.90 Å². The smallest absolute Gasteiger partial charge is 0.228 e. The van der Waals surface area contributed by atoms with Crippen LogP contribution in [0.5, 0.6) is 0 Å². The lowest BCUT2D eigenvalue weighted by molar-refractivity contribution is -0.136. The summed E-state index contributed by atoms with van der Waals surface area (Å²) in [5.41, 5.74) is 3.39. The lowest BCUT2D eigenvalue weighted by atomic mass is 10.0. The summed E-state index contributed by atoms with van der Waals surface area (Å²) < 4.78 is 0. The molecule has 2 amide bonds. The number of rotatable bonds is 3. The molecule has 130 valence electrons. The van der Waals surface area contributed by atoms with Crippen LogP contribution in [0.25, 0.3) is 0 Å². The van der Waals surface area contributed by atoms with E-state index in [1.54, 1.807) is 16.2 Å². The maximum absolute atomic E-state index is 13.0. The first-order valence-corrected chi connectivity index (χ1v) is 9.77. The van der Waals surface area contributed by atoms with Gasteiger partial charge in [0.15, 0.2) is 0 Å². The Labute approximate surface area is 152 Å². The molecular weight excluding hydrogens is 332 g/mol. The molecule has 4 nitrogen and oxygen atoms in total. The molecule has 0 radical (unpaired) electrons. The van der Waals surface area contributed by atoms with Crippen LogP contribution in [0.2, 0.25) is 0 Å². The summed E-state index contributed by atoms with van der Waals surface area (Å²) in [6.07, 6.45) is 2.14. The molecule has 1 fully saturated rings. The zero-order valence-corrected chi connectivity index (χ0v) is 15.2. The number of anilines is 1. The lowest BCUT2D eigenvalue weighted by Gasteiger charge is -2.29. The number of nitrogens with zero attached hydrogens (tertiary/aromatic N) is 2. The van der Waals surface area contributed by atoms with Gasteiger partial charge in [0.05, 0.1) is 5.92 Å². The molecule has 2 aromatic rings. The number of carbonyl (C=O) groups is 2. The number of para-hydroxylation sites is 1. The molecule has 3 heterocycles. The maximum atomic E-state index is 13.0. The Morgan fingerprint density at radius 2 is 2.12 bits per heavy atom. The molecule has 1 unspecified atom stereocenters. The van der Waals surface area contributed by atoms with Gasteiger partial charge in [0, 0.05) is 36.6 Å². The Morgan fingerprint density at radius 1 is 1.28 bits per heavy atom. The average molecular weight is 354 g/mol. The number of amides is 2. The molecular formula is C20H22N2O2S. The van der Waals surface area contributed by atoms with Crippen molar-refractivity contribution in [3.05, 3.63) is 51.7 Å². The van der Waals surface area contributed by atoms with Gasteiger partial charge in [-0.25, -0.2) is 0 Å². The molecule has 0 bridgehead atoms. The second-order valence-corrected chi connectivity index (χ2v) is 7.77. The van der Waals surface area contributed by atoms with E-state index in [9.17, 15) is 9.59 Å². The molecule has 1 aromatic carbocycles. The number of hydrogen-bond acceptors (Lipinski definition) is 3. The highest BCUT2D eigenvalue weighted by molar-refractivity contribution is 7.10. The monoisotopic (exact) mass is 354 g/mol. The zero-order chi connectivity index (χ0) is 17.4. The summed E-state index contributed by atoms with van der Waals surface area (Å²) in [6, 6.07) is 10.1. The molecule has 1 aromatic heterocycles. The molecule has 2 aliphatic heterocycles. The van der Waals surface area contributed by atoms with E-state index >= 15 is 0 Å². The zero-order valence-electron chi connectivity index (χ0n) is 14.4. The number of carbonyl (C=O) groups excluding carboxylic acids is 2. The third-order valence-electron chi connectivity index (χ3n) is 5.26. The summed E-state index contributed by atoms with van der Waals surface area (Å²) in [5.74, 6) is -0.0354. The predicted octanol–water partition coefficient (Wildman–Crippen LogP) is 3.25. The van der Waals surface area contributed by atoms with Crippen LogP contribution in [0.15, 0.2) is 35.7 Å². The fourth-order valence-electron chi connectivity index (χ4n) is 3.87. The first kappa shape index (κ1) is 16.3. The minimum atomic E-state index is -0.224. The van der Waals surface area contributed by atoms with Crippen LogP contribution in [-0.2, 0) is 29.0 Å². The van der Waals surface area contributed by atoms with Gasteiger partial charge >= 0.3 is 0 Å². The summed E-state index contributed by atoms with van der Waals surface area (Å²) >= 11 is 1.77. The molecule has 0 N–H and O–H groups in total. The van der Waals surface area contributed by atoms with Gasteiger partial charge in [0.25, 0.3) is 0 Å². The minimum Gasteiger partial charge on any atom is -0.338 e. The fourth-order valence-corrected chi connectivity index (χ4v) is 4.76. The number of benzene rings is 1. The van der Waals surface area contributed by atoms with Gasteiger partial charge in [-0.3, -0.25) is 9.59 Å². The van der Waals surface area contributed by atoms with Crippen LogP contribution in [0.4, 0.5) is 5.69 Å². The van der Waals surface area contributed by atoms with Crippen LogP contribution in [-0.4, -0.2) is 29.8 Å². The first-order valence-electron chi connectivity index (χ1n) is 8.89. The van der Waals surface area contributed by atoms with Crippen LogP contribution in [0, 0.1) is 5.92 Å². The second kappa shape index (κ2) is 6.64. The quantitative estimate of drug-likeness (QED) is 0.849. The molecule has 0 spiro atoms. The van der Waals surface area contributed by atoms with Crippen molar-refractivity contribution < 1.29 is 9.59 Å². The second-order valence-electron chi connectivity index (χ2n) is 6.77.